The number of rotatable bonds is 3. The van der Waals surface area contributed by atoms with Gasteiger partial charge in [0.25, 0.3) is 11.5 Å². The molecule has 26 heavy (non-hydrogen) atoms. The Labute approximate surface area is 153 Å². The highest BCUT2D eigenvalue weighted by Crippen LogP contribution is 2.23. The van der Waals surface area contributed by atoms with Crippen molar-refractivity contribution in [3.63, 3.8) is 0 Å². The van der Waals surface area contributed by atoms with Gasteiger partial charge in [-0.15, -0.1) is 11.3 Å². The number of aromatic amines is 1. The molecule has 0 fully saturated rings. The largest absolute Gasteiger partial charge is 0.321 e. The molecular weight excluding hydrogens is 346 g/mol. The highest BCUT2D eigenvalue weighted by molar-refractivity contribution is 7.09. The van der Waals surface area contributed by atoms with Crippen LogP contribution in [0.2, 0.25) is 0 Å². The summed E-state index contributed by atoms with van der Waals surface area (Å²) < 4.78 is 0. The fraction of sp³-hybridized carbons (Fsp3) is 0.0500. The number of hydrogen-bond donors (Lipinski definition) is 2. The molecule has 1 amide bonds. The average Bonchev–Trinajstić information content (AvgIpc) is 3.09. The number of H-pyrrole nitrogens is 1. The number of thiazole rings is 1. The number of anilines is 1. The summed E-state index contributed by atoms with van der Waals surface area (Å²) in [6.45, 7) is 1.97. The van der Waals surface area contributed by atoms with Crippen LogP contribution < -0.4 is 10.9 Å². The number of nitrogens with zero attached hydrogens (tertiary/aromatic N) is 1. The monoisotopic (exact) mass is 361 g/mol. The normalized spacial score (nSPS) is 10.8. The molecule has 0 atom stereocenters. The van der Waals surface area contributed by atoms with Gasteiger partial charge in [0.15, 0.2) is 0 Å². The molecule has 0 bridgehead atoms. The minimum Gasteiger partial charge on any atom is -0.321 e. The van der Waals surface area contributed by atoms with E-state index in [-0.39, 0.29) is 17.2 Å². The number of nitrogens with one attached hydrogen (secondary N) is 2. The van der Waals surface area contributed by atoms with Crippen molar-refractivity contribution in [2.75, 3.05) is 5.32 Å². The second kappa shape index (κ2) is 6.57. The van der Waals surface area contributed by atoms with Crippen molar-refractivity contribution in [3.05, 3.63) is 81.0 Å². The Balaban J connectivity index is 1.57. The molecule has 4 aromatic rings. The number of benzene rings is 2. The first-order valence-corrected chi connectivity index (χ1v) is 8.94. The van der Waals surface area contributed by atoms with E-state index in [0.29, 0.717) is 11.1 Å². The van der Waals surface area contributed by atoms with Gasteiger partial charge in [-0.3, -0.25) is 9.59 Å². The highest BCUT2D eigenvalue weighted by Gasteiger charge is 2.10. The van der Waals surface area contributed by atoms with Gasteiger partial charge in [-0.2, -0.15) is 0 Å². The molecule has 6 heteroatoms. The van der Waals surface area contributed by atoms with Gasteiger partial charge in [-0.25, -0.2) is 4.98 Å². The van der Waals surface area contributed by atoms with Crippen molar-refractivity contribution < 1.29 is 4.79 Å². The van der Waals surface area contributed by atoms with Gasteiger partial charge in [0.05, 0.1) is 10.7 Å². The van der Waals surface area contributed by atoms with Crippen molar-refractivity contribution in [3.8, 4) is 11.3 Å². The van der Waals surface area contributed by atoms with E-state index in [9.17, 15) is 9.59 Å². The summed E-state index contributed by atoms with van der Waals surface area (Å²) in [5.41, 5.74) is 2.52. The van der Waals surface area contributed by atoms with Crippen LogP contribution in [0.1, 0.15) is 15.5 Å². The van der Waals surface area contributed by atoms with Crippen LogP contribution in [-0.2, 0) is 0 Å². The standard InChI is InChI=1S/C20H15N3O2S/c1-12-21-18(11-26-12)13-6-8-15(9-7-13)22-20(25)17-10-14-4-2-3-5-16(14)19(24)23-17/h2-11H,1H3,(H,22,25)(H,23,24). The Kier molecular flexibility index (Phi) is 4.10. The van der Waals surface area contributed by atoms with Crippen LogP contribution in [0.25, 0.3) is 22.0 Å². The van der Waals surface area contributed by atoms with Crippen LogP contribution in [0.15, 0.2) is 64.8 Å². The second-order valence-electron chi connectivity index (χ2n) is 5.88. The van der Waals surface area contributed by atoms with Crippen molar-refractivity contribution in [1.29, 1.82) is 0 Å². The van der Waals surface area contributed by atoms with Gasteiger partial charge in [0.1, 0.15) is 5.69 Å². The van der Waals surface area contributed by atoms with E-state index in [0.717, 1.165) is 21.7 Å². The van der Waals surface area contributed by atoms with Crippen LogP contribution in [0.5, 0.6) is 0 Å². The molecule has 0 spiro atoms. The van der Waals surface area contributed by atoms with Gasteiger partial charge < -0.3 is 10.3 Å². The van der Waals surface area contributed by atoms with Gasteiger partial charge in [0.2, 0.25) is 0 Å². The predicted molar refractivity (Wildman–Crippen MR) is 105 cm³/mol. The third kappa shape index (κ3) is 3.14. The van der Waals surface area contributed by atoms with Crippen LogP contribution in [0.4, 0.5) is 5.69 Å². The lowest BCUT2D eigenvalue weighted by Gasteiger charge is -2.07. The molecule has 2 aromatic heterocycles. The summed E-state index contributed by atoms with van der Waals surface area (Å²) in [5, 5.41) is 7.12. The number of aryl methyl sites for hydroxylation is 1. The molecule has 128 valence electrons. The minimum absolute atomic E-state index is 0.230. The molecule has 0 unspecified atom stereocenters. The second-order valence-corrected chi connectivity index (χ2v) is 6.94. The van der Waals surface area contributed by atoms with Gasteiger partial charge in [0, 0.05) is 22.0 Å². The Morgan fingerprint density at radius 3 is 2.62 bits per heavy atom. The molecule has 5 nitrogen and oxygen atoms in total. The topological polar surface area (TPSA) is 74.8 Å². The minimum atomic E-state index is -0.356. The van der Waals surface area contributed by atoms with E-state index >= 15 is 0 Å². The Bertz CT molecular complexity index is 1160. The summed E-state index contributed by atoms with van der Waals surface area (Å²) in [6, 6.07) is 16.3. The van der Waals surface area contributed by atoms with E-state index in [4.69, 9.17) is 0 Å². The molecular formula is C20H15N3O2S. The van der Waals surface area contributed by atoms with E-state index < -0.39 is 0 Å². The quantitative estimate of drug-likeness (QED) is 0.574. The van der Waals surface area contributed by atoms with Crippen LogP contribution in [0.3, 0.4) is 0 Å². The van der Waals surface area contributed by atoms with Crippen molar-refractivity contribution >= 4 is 33.7 Å². The van der Waals surface area contributed by atoms with E-state index in [1.807, 2.05) is 48.7 Å². The van der Waals surface area contributed by atoms with Crippen molar-refractivity contribution in [2.24, 2.45) is 0 Å². The van der Waals surface area contributed by atoms with Gasteiger partial charge in [-0.05, 0) is 36.6 Å². The first-order chi connectivity index (χ1) is 12.6. The number of fused-ring (bicyclic) bond motifs is 1. The number of amides is 1. The van der Waals surface area contributed by atoms with E-state index in [2.05, 4.69) is 15.3 Å². The number of aromatic nitrogens is 2. The van der Waals surface area contributed by atoms with E-state index in [1.165, 1.54) is 0 Å². The Morgan fingerprint density at radius 2 is 1.88 bits per heavy atom. The number of carbonyl (C=O) groups excluding carboxylic acids is 1. The first-order valence-electron chi connectivity index (χ1n) is 8.06. The third-order valence-corrected chi connectivity index (χ3v) is 4.83. The lowest BCUT2D eigenvalue weighted by molar-refractivity contribution is 0.102. The summed E-state index contributed by atoms with van der Waals surface area (Å²) in [4.78, 5) is 31.7. The fourth-order valence-corrected chi connectivity index (χ4v) is 3.37. The summed E-state index contributed by atoms with van der Waals surface area (Å²) in [7, 11) is 0. The zero-order valence-electron chi connectivity index (χ0n) is 13.9. The smallest absolute Gasteiger partial charge is 0.272 e. The van der Waals surface area contributed by atoms with Crippen molar-refractivity contribution in [1.82, 2.24) is 9.97 Å². The molecule has 0 aliphatic heterocycles. The lowest BCUT2D eigenvalue weighted by atomic mass is 10.1. The molecule has 0 saturated carbocycles. The molecule has 0 saturated heterocycles. The van der Waals surface area contributed by atoms with Crippen molar-refractivity contribution in [2.45, 2.75) is 6.92 Å². The first kappa shape index (κ1) is 16.2. The fourth-order valence-electron chi connectivity index (χ4n) is 2.75. The molecule has 4 rings (SSSR count). The molecule has 0 aliphatic carbocycles. The molecule has 2 aromatic carbocycles. The third-order valence-electron chi connectivity index (χ3n) is 4.06. The Morgan fingerprint density at radius 1 is 1.12 bits per heavy atom. The lowest BCUT2D eigenvalue weighted by Crippen LogP contribution is -2.18. The Hall–Kier alpha value is -3.25. The van der Waals surface area contributed by atoms with Gasteiger partial charge in [-0.1, -0.05) is 30.3 Å². The molecule has 2 heterocycles. The van der Waals surface area contributed by atoms with Gasteiger partial charge >= 0.3 is 0 Å². The van der Waals surface area contributed by atoms with Crippen LogP contribution >= 0.6 is 11.3 Å². The van der Waals surface area contributed by atoms with E-state index in [1.54, 1.807) is 29.5 Å². The SMILES string of the molecule is Cc1nc(-c2ccc(NC(=O)c3cc4ccccc4c(=O)[nH]3)cc2)cs1. The maximum atomic E-state index is 12.5. The number of pyridine rings is 1. The van der Waals surface area contributed by atoms with Crippen LogP contribution in [0, 0.1) is 6.92 Å². The zero-order valence-corrected chi connectivity index (χ0v) is 14.8. The number of hydrogen-bond acceptors (Lipinski definition) is 4. The average molecular weight is 361 g/mol. The summed E-state index contributed by atoms with van der Waals surface area (Å²) in [5.74, 6) is -0.356. The zero-order chi connectivity index (χ0) is 18.1. The highest BCUT2D eigenvalue weighted by atomic mass is 32.1. The molecule has 0 radical (unpaired) electrons. The predicted octanol–water partition coefficient (Wildman–Crippen LogP) is 4.21. The number of carbonyl (C=O) groups is 1. The maximum absolute atomic E-state index is 12.5. The summed E-state index contributed by atoms with van der Waals surface area (Å²) in [6.07, 6.45) is 0. The summed E-state index contributed by atoms with van der Waals surface area (Å²) >= 11 is 1.60. The van der Waals surface area contributed by atoms with Crippen LogP contribution in [-0.4, -0.2) is 15.9 Å². The maximum Gasteiger partial charge on any atom is 0.272 e. The molecule has 2 N–H and O–H groups in total. The molecule has 0 aliphatic rings.